The summed E-state index contributed by atoms with van der Waals surface area (Å²) in [6.45, 7) is 0. The number of ether oxygens (including phenoxy) is 1. The Morgan fingerprint density at radius 1 is 1.08 bits per heavy atom. The van der Waals surface area contributed by atoms with E-state index in [2.05, 4.69) is 31.4 Å². The van der Waals surface area contributed by atoms with Gasteiger partial charge in [0.25, 0.3) is 0 Å². The Labute approximate surface area is 142 Å². The van der Waals surface area contributed by atoms with E-state index in [4.69, 9.17) is 4.74 Å². The molecule has 7 heteroatoms. The van der Waals surface area contributed by atoms with Crippen molar-refractivity contribution in [3.05, 3.63) is 54.5 Å². The number of benzene rings is 1. The molecule has 0 saturated heterocycles. The Balaban J connectivity index is 1.91. The summed E-state index contributed by atoms with van der Waals surface area (Å²) in [4.78, 5) is 4.48. The van der Waals surface area contributed by atoms with Gasteiger partial charge in [0.1, 0.15) is 11.8 Å². The van der Waals surface area contributed by atoms with E-state index < -0.39 is 0 Å². The molecule has 1 N–H and O–H groups in total. The molecule has 0 aliphatic heterocycles. The van der Waals surface area contributed by atoms with Crippen molar-refractivity contribution in [1.82, 2.24) is 25.4 Å². The molecule has 0 radical (unpaired) electrons. The van der Waals surface area contributed by atoms with Crippen molar-refractivity contribution in [2.75, 3.05) is 7.11 Å². The zero-order valence-corrected chi connectivity index (χ0v) is 13.3. The second-order valence-electron chi connectivity index (χ2n) is 5.35. The molecule has 4 rings (SSSR count). The van der Waals surface area contributed by atoms with E-state index in [1.54, 1.807) is 25.6 Å². The summed E-state index contributed by atoms with van der Waals surface area (Å²) in [7, 11) is 1.55. The summed E-state index contributed by atoms with van der Waals surface area (Å²) < 4.78 is 5.10. The molecule has 120 valence electrons. The molecule has 0 fully saturated rings. The second-order valence-corrected chi connectivity index (χ2v) is 5.35. The third kappa shape index (κ3) is 2.66. The van der Waals surface area contributed by atoms with Crippen LogP contribution in [-0.2, 0) is 0 Å². The molecule has 1 aromatic carbocycles. The number of nitriles is 1. The molecule has 0 unspecified atom stereocenters. The van der Waals surface area contributed by atoms with Crippen LogP contribution in [-0.4, -0.2) is 32.5 Å². The van der Waals surface area contributed by atoms with Gasteiger partial charge in [0, 0.05) is 34.3 Å². The first-order chi connectivity index (χ1) is 12.3. The zero-order chi connectivity index (χ0) is 17.2. The number of aromatic amines is 1. The van der Waals surface area contributed by atoms with Gasteiger partial charge >= 0.3 is 0 Å². The summed E-state index contributed by atoms with van der Waals surface area (Å²) in [6.07, 6.45) is 3.51. The van der Waals surface area contributed by atoms with Crippen molar-refractivity contribution in [3.63, 3.8) is 0 Å². The van der Waals surface area contributed by atoms with Crippen molar-refractivity contribution < 1.29 is 4.74 Å². The lowest BCUT2D eigenvalue weighted by Crippen LogP contribution is -1.94. The molecular formula is C18H12N6O. The maximum absolute atomic E-state index is 9.19. The lowest BCUT2D eigenvalue weighted by molar-refractivity contribution is 0.393. The maximum Gasteiger partial charge on any atom is 0.233 e. The van der Waals surface area contributed by atoms with Crippen LogP contribution in [0.4, 0.5) is 0 Å². The number of pyridine rings is 1. The van der Waals surface area contributed by atoms with Crippen molar-refractivity contribution in [2.45, 2.75) is 0 Å². The number of hydrogen-bond acceptors (Lipinski definition) is 6. The van der Waals surface area contributed by atoms with Gasteiger partial charge in [-0.15, -0.1) is 10.2 Å². The molecule has 3 aromatic heterocycles. The normalized spacial score (nSPS) is 10.6. The van der Waals surface area contributed by atoms with E-state index in [1.807, 2.05) is 30.3 Å². The quantitative estimate of drug-likeness (QED) is 0.620. The van der Waals surface area contributed by atoms with Crippen LogP contribution in [0.3, 0.4) is 0 Å². The molecule has 25 heavy (non-hydrogen) atoms. The van der Waals surface area contributed by atoms with E-state index in [1.165, 1.54) is 0 Å². The number of methoxy groups -OCH3 is 1. The smallest absolute Gasteiger partial charge is 0.233 e. The molecule has 7 nitrogen and oxygen atoms in total. The van der Waals surface area contributed by atoms with Crippen molar-refractivity contribution in [2.24, 2.45) is 0 Å². The highest BCUT2D eigenvalue weighted by Gasteiger charge is 2.12. The highest BCUT2D eigenvalue weighted by molar-refractivity contribution is 5.88. The molecule has 0 atom stereocenters. The lowest BCUT2D eigenvalue weighted by Gasteiger charge is -2.09. The maximum atomic E-state index is 9.19. The number of nitrogens with one attached hydrogen (secondary N) is 1. The number of nitrogens with zero attached hydrogens (tertiary/aromatic N) is 5. The first-order valence-corrected chi connectivity index (χ1v) is 7.50. The van der Waals surface area contributed by atoms with E-state index >= 15 is 0 Å². The molecule has 0 aliphatic carbocycles. The van der Waals surface area contributed by atoms with Gasteiger partial charge in [0.2, 0.25) is 5.88 Å². The lowest BCUT2D eigenvalue weighted by atomic mass is 10.00. The summed E-state index contributed by atoms with van der Waals surface area (Å²) in [5, 5.41) is 25.1. The largest absolute Gasteiger partial charge is 0.480 e. The van der Waals surface area contributed by atoms with Crippen LogP contribution in [0.2, 0.25) is 0 Å². The molecular weight excluding hydrogens is 316 g/mol. The van der Waals surface area contributed by atoms with E-state index in [0.717, 1.165) is 27.6 Å². The first-order valence-electron chi connectivity index (χ1n) is 7.50. The third-order valence-corrected chi connectivity index (χ3v) is 3.87. The average Bonchev–Trinajstić information content (AvgIpc) is 3.21. The molecule has 3 heterocycles. The Kier molecular flexibility index (Phi) is 3.56. The monoisotopic (exact) mass is 328 g/mol. The van der Waals surface area contributed by atoms with Gasteiger partial charge in [0.05, 0.1) is 24.5 Å². The van der Waals surface area contributed by atoms with Gasteiger partial charge in [-0.2, -0.15) is 10.4 Å². The minimum Gasteiger partial charge on any atom is -0.480 e. The number of H-pyrrole nitrogens is 1. The van der Waals surface area contributed by atoms with E-state index in [0.29, 0.717) is 17.3 Å². The first kappa shape index (κ1) is 14.8. The van der Waals surface area contributed by atoms with Crippen LogP contribution in [0.5, 0.6) is 5.88 Å². The number of hydrogen-bond donors (Lipinski definition) is 1. The fourth-order valence-corrected chi connectivity index (χ4v) is 2.64. The minimum atomic E-state index is 0.350. The zero-order valence-electron chi connectivity index (χ0n) is 13.3. The fraction of sp³-hybridized carbons (Fsp3) is 0.0556. The van der Waals surface area contributed by atoms with E-state index in [-0.39, 0.29) is 0 Å². The molecule has 0 spiro atoms. The Morgan fingerprint density at radius 2 is 2.00 bits per heavy atom. The predicted molar refractivity (Wildman–Crippen MR) is 91.6 cm³/mol. The summed E-state index contributed by atoms with van der Waals surface area (Å²) >= 11 is 0. The highest BCUT2D eigenvalue weighted by atomic mass is 16.5. The molecule has 0 aliphatic rings. The Hall–Kier alpha value is -3.79. The van der Waals surface area contributed by atoms with Crippen LogP contribution in [0.1, 0.15) is 5.69 Å². The predicted octanol–water partition coefficient (Wildman–Crippen LogP) is 2.96. The third-order valence-electron chi connectivity index (χ3n) is 3.87. The highest BCUT2D eigenvalue weighted by Crippen LogP contribution is 2.32. The summed E-state index contributed by atoms with van der Waals surface area (Å²) in [5.74, 6) is 0.462. The van der Waals surface area contributed by atoms with Gasteiger partial charge in [-0.1, -0.05) is 12.1 Å². The summed E-state index contributed by atoms with van der Waals surface area (Å²) in [5.41, 5.74) is 4.39. The molecule has 0 amide bonds. The van der Waals surface area contributed by atoms with Crippen LogP contribution < -0.4 is 4.74 Å². The van der Waals surface area contributed by atoms with Gasteiger partial charge in [-0.25, -0.2) is 4.98 Å². The van der Waals surface area contributed by atoms with Crippen LogP contribution in [0, 0.1) is 11.3 Å². The summed E-state index contributed by atoms with van der Waals surface area (Å²) in [6, 6.07) is 13.2. The van der Waals surface area contributed by atoms with Gasteiger partial charge in [0.15, 0.2) is 0 Å². The van der Waals surface area contributed by atoms with Gasteiger partial charge < -0.3 is 4.74 Å². The number of rotatable bonds is 3. The van der Waals surface area contributed by atoms with Crippen molar-refractivity contribution in [3.8, 4) is 34.3 Å². The minimum absolute atomic E-state index is 0.350. The van der Waals surface area contributed by atoms with E-state index in [9.17, 15) is 5.26 Å². The van der Waals surface area contributed by atoms with Gasteiger partial charge in [-0.05, 0) is 18.2 Å². The van der Waals surface area contributed by atoms with Crippen LogP contribution >= 0.6 is 0 Å². The Morgan fingerprint density at radius 3 is 2.76 bits per heavy atom. The van der Waals surface area contributed by atoms with Crippen molar-refractivity contribution >= 4 is 10.9 Å². The molecule has 4 aromatic rings. The standard InChI is InChI=1S/C18H12N6O/c1-25-17-7-11-2-3-12(6-16(11)23-24-17)18-15(13-9-20-21-10-13)5-4-14(8-19)22-18/h2-7,9-10H,1H3,(H,20,21). The van der Waals surface area contributed by atoms with Crippen LogP contribution in [0.25, 0.3) is 33.3 Å². The fourth-order valence-electron chi connectivity index (χ4n) is 2.64. The Bertz CT molecular complexity index is 1100. The van der Waals surface area contributed by atoms with Crippen molar-refractivity contribution in [1.29, 1.82) is 5.26 Å². The molecule has 0 saturated carbocycles. The van der Waals surface area contributed by atoms with Gasteiger partial charge in [-0.3, -0.25) is 5.10 Å². The molecule has 0 bridgehead atoms. The number of aromatic nitrogens is 5. The number of fused-ring (bicyclic) bond motifs is 1. The average molecular weight is 328 g/mol. The SMILES string of the molecule is COc1cc2ccc(-c3nc(C#N)ccc3-c3cn[nH]c3)cc2nn1. The topological polar surface area (TPSA) is 100 Å². The second kappa shape index (κ2) is 6.02. The van der Waals surface area contributed by atoms with Crippen LogP contribution in [0.15, 0.2) is 48.8 Å².